The molecular formula is C17H12N2O3. The van der Waals surface area contributed by atoms with Crippen molar-refractivity contribution in [2.24, 2.45) is 0 Å². The monoisotopic (exact) mass is 292 g/mol. The molecule has 5 heteroatoms. The van der Waals surface area contributed by atoms with Crippen molar-refractivity contribution in [3.63, 3.8) is 0 Å². The van der Waals surface area contributed by atoms with E-state index in [0.29, 0.717) is 16.9 Å². The van der Waals surface area contributed by atoms with Crippen LogP contribution in [0.2, 0.25) is 0 Å². The van der Waals surface area contributed by atoms with Crippen molar-refractivity contribution < 1.29 is 4.42 Å². The zero-order valence-electron chi connectivity index (χ0n) is 11.8. The molecule has 0 saturated carbocycles. The molecule has 1 aromatic carbocycles. The zero-order chi connectivity index (χ0) is 15.3. The van der Waals surface area contributed by atoms with E-state index in [1.54, 1.807) is 12.1 Å². The molecule has 0 radical (unpaired) electrons. The second kappa shape index (κ2) is 4.46. The summed E-state index contributed by atoms with van der Waals surface area (Å²) in [6.45, 7) is 1.94. The molecular weight excluding hydrogens is 280 g/mol. The van der Waals surface area contributed by atoms with Gasteiger partial charge in [0.05, 0.1) is 5.69 Å². The molecule has 1 aliphatic heterocycles. The summed E-state index contributed by atoms with van der Waals surface area (Å²) in [4.78, 5) is 24.0. The lowest BCUT2D eigenvalue weighted by atomic mass is 10.1. The van der Waals surface area contributed by atoms with Crippen LogP contribution in [0.15, 0.2) is 62.5 Å². The number of nitrogens with zero attached hydrogens (tertiary/aromatic N) is 1. The molecule has 2 heterocycles. The first-order valence-corrected chi connectivity index (χ1v) is 6.88. The zero-order valence-corrected chi connectivity index (χ0v) is 11.8. The maximum absolute atomic E-state index is 12.6. The predicted octanol–water partition coefficient (Wildman–Crippen LogP) is 2.69. The Balaban J connectivity index is 2.08. The number of fused-ring (bicyclic) bond motifs is 2. The van der Waals surface area contributed by atoms with Crippen LogP contribution in [-0.4, -0.2) is 9.78 Å². The average molecular weight is 292 g/mol. The van der Waals surface area contributed by atoms with Gasteiger partial charge >= 0.3 is 0 Å². The van der Waals surface area contributed by atoms with E-state index in [2.05, 4.69) is 5.10 Å². The lowest BCUT2D eigenvalue weighted by Crippen LogP contribution is -2.15. The third-order valence-corrected chi connectivity index (χ3v) is 3.74. The maximum Gasteiger partial charge on any atom is 0.282 e. The Morgan fingerprint density at radius 2 is 1.86 bits per heavy atom. The van der Waals surface area contributed by atoms with Gasteiger partial charge in [0.1, 0.15) is 11.1 Å². The summed E-state index contributed by atoms with van der Waals surface area (Å²) >= 11 is 0. The Hall–Kier alpha value is -3.08. The predicted molar refractivity (Wildman–Crippen MR) is 83.8 cm³/mol. The molecule has 0 fully saturated rings. The summed E-state index contributed by atoms with van der Waals surface area (Å²) in [5.41, 5.74) is 2.51. The second-order valence-electron chi connectivity index (χ2n) is 5.23. The maximum atomic E-state index is 12.6. The molecule has 0 saturated heterocycles. The molecule has 0 amide bonds. The van der Waals surface area contributed by atoms with Gasteiger partial charge in [0.25, 0.3) is 5.56 Å². The number of H-pyrrole nitrogens is 1. The van der Waals surface area contributed by atoms with E-state index in [4.69, 9.17) is 4.42 Å². The second-order valence-corrected chi connectivity index (χ2v) is 5.23. The molecule has 5 nitrogen and oxygen atoms in total. The highest BCUT2D eigenvalue weighted by molar-refractivity contribution is 5.80. The topological polar surface area (TPSA) is 68.0 Å². The number of rotatable bonds is 1. The molecule has 1 N–H and O–H groups in total. The summed E-state index contributed by atoms with van der Waals surface area (Å²) in [6.07, 6.45) is 0. The highest BCUT2D eigenvalue weighted by Gasteiger charge is 2.15. The van der Waals surface area contributed by atoms with E-state index in [1.807, 2.05) is 31.2 Å². The Bertz CT molecular complexity index is 1080. The summed E-state index contributed by atoms with van der Waals surface area (Å²) in [7, 11) is 0. The van der Waals surface area contributed by atoms with Crippen molar-refractivity contribution in [3.05, 3.63) is 74.7 Å². The van der Waals surface area contributed by atoms with Gasteiger partial charge in [0.2, 0.25) is 5.71 Å². The number of aromatic nitrogens is 2. The Labute approximate surface area is 124 Å². The van der Waals surface area contributed by atoms with Crippen LogP contribution in [0, 0.1) is 6.92 Å². The van der Waals surface area contributed by atoms with Gasteiger partial charge in [-0.3, -0.25) is 14.7 Å². The fraction of sp³-hybridized carbons (Fsp3) is 0.0588. The van der Waals surface area contributed by atoms with Crippen molar-refractivity contribution in [1.82, 2.24) is 9.78 Å². The molecule has 1 aliphatic carbocycles. The average Bonchev–Trinajstić information content (AvgIpc) is 2.82. The van der Waals surface area contributed by atoms with E-state index in [0.717, 1.165) is 16.8 Å². The number of hydrogen-bond donors (Lipinski definition) is 1. The Kier molecular flexibility index (Phi) is 2.56. The summed E-state index contributed by atoms with van der Waals surface area (Å²) in [5.74, 6) is 0.457. The highest BCUT2D eigenvalue weighted by atomic mass is 16.3. The molecule has 2 aromatic rings. The van der Waals surface area contributed by atoms with Crippen LogP contribution in [0.5, 0.6) is 0 Å². The van der Waals surface area contributed by atoms with Gasteiger partial charge in [-0.25, -0.2) is 4.68 Å². The first-order valence-electron chi connectivity index (χ1n) is 6.88. The number of aromatic amines is 1. The van der Waals surface area contributed by atoms with E-state index < -0.39 is 0 Å². The lowest BCUT2D eigenvalue weighted by molar-refractivity contribution is 0.597. The van der Waals surface area contributed by atoms with Crippen LogP contribution in [0.4, 0.5) is 0 Å². The molecule has 108 valence electrons. The normalized spacial score (nSPS) is 11.3. The first kappa shape index (κ1) is 12.6. The van der Waals surface area contributed by atoms with Gasteiger partial charge in [-0.05, 0) is 36.8 Å². The van der Waals surface area contributed by atoms with E-state index in [9.17, 15) is 9.59 Å². The SMILES string of the molecule is Cc1ccccc1-n1[nH]c2oc3cc(=O)ccc-3cc2c1=O. The fourth-order valence-corrected chi connectivity index (χ4v) is 2.61. The van der Waals surface area contributed by atoms with Gasteiger partial charge in [0, 0.05) is 11.6 Å². The van der Waals surface area contributed by atoms with E-state index >= 15 is 0 Å². The van der Waals surface area contributed by atoms with Crippen LogP contribution in [-0.2, 0) is 0 Å². The molecule has 0 atom stereocenters. The van der Waals surface area contributed by atoms with Gasteiger partial charge < -0.3 is 4.42 Å². The Morgan fingerprint density at radius 3 is 2.68 bits per heavy atom. The minimum absolute atomic E-state index is 0.128. The fourth-order valence-electron chi connectivity index (χ4n) is 2.61. The number of para-hydroxylation sites is 1. The molecule has 1 aromatic heterocycles. The molecule has 4 rings (SSSR count). The summed E-state index contributed by atoms with van der Waals surface area (Å²) in [6, 6.07) is 13.9. The molecule has 0 unspecified atom stereocenters. The highest BCUT2D eigenvalue weighted by Crippen LogP contribution is 2.25. The first-order chi connectivity index (χ1) is 10.6. The van der Waals surface area contributed by atoms with Crippen molar-refractivity contribution in [2.75, 3.05) is 0 Å². The smallest absolute Gasteiger partial charge is 0.282 e. The lowest BCUT2D eigenvalue weighted by Gasteiger charge is -2.04. The quantitative estimate of drug-likeness (QED) is 0.586. The van der Waals surface area contributed by atoms with Crippen LogP contribution in [0.25, 0.3) is 28.1 Å². The third-order valence-electron chi connectivity index (χ3n) is 3.74. The molecule has 0 bridgehead atoms. The van der Waals surface area contributed by atoms with Gasteiger partial charge in [-0.2, -0.15) is 0 Å². The van der Waals surface area contributed by atoms with Crippen LogP contribution < -0.4 is 11.0 Å². The van der Waals surface area contributed by atoms with Gasteiger partial charge in [-0.1, -0.05) is 18.2 Å². The minimum Gasteiger partial charge on any atom is -0.438 e. The van der Waals surface area contributed by atoms with Gasteiger partial charge in [0.15, 0.2) is 5.43 Å². The van der Waals surface area contributed by atoms with Crippen molar-refractivity contribution in [3.8, 4) is 17.0 Å². The number of benzene rings is 2. The number of aryl methyl sites for hydroxylation is 1. The number of hydrogen-bond acceptors (Lipinski definition) is 3. The van der Waals surface area contributed by atoms with Crippen LogP contribution in [0.1, 0.15) is 5.56 Å². The summed E-state index contributed by atoms with van der Waals surface area (Å²) < 4.78 is 7.13. The van der Waals surface area contributed by atoms with Crippen LogP contribution in [0.3, 0.4) is 0 Å². The summed E-state index contributed by atoms with van der Waals surface area (Å²) in [5, 5.41) is 3.42. The molecule has 2 aliphatic rings. The standard InChI is InChI=1S/C17H12N2O3/c1-10-4-2-3-5-14(10)19-17(21)13-8-11-6-7-12(20)9-15(11)22-16(13)18-19/h2-9,18H,1H3. The minimum atomic E-state index is -0.179. The molecule has 22 heavy (non-hydrogen) atoms. The van der Waals surface area contributed by atoms with Crippen molar-refractivity contribution in [1.29, 1.82) is 0 Å². The van der Waals surface area contributed by atoms with Crippen LogP contribution >= 0.6 is 0 Å². The van der Waals surface area contributed by atoms with Crippen molar-refractivity contribution >= 4 is 11.1 Å². The third kappa shape index (κ3) is 1.79. The largest absolute Gasteiger partial charge is 0.438 e. The van der Waals surface area contributed by atoms with E-state index in [-0.39, 0.29) is 11.0 Å². The Morgan fingerprint density at radius 1 is 1.05 bits per heavy atom. The molecule has 0 spiro atoms. The number of nitrogens with one attached hydrogen (secondary N) is 1. The van der Waals surface area contributed by atoms with E-state index in [1.165, 1.54) is 16.8 Å². The van der Waals surface area contributed by atoms with Gasteiger partial charge in [-0.15, -0.1) is 0 Å². The van der Waals surface area contributed by atoms with Crippen molar-refractivity contribution in [2.45, 2.75) is 6.92 Å².